The molecule has 1 aromatic carbocycles. The summed E-state index contributed by atoms with van der Waals surface area (Å²) < 4.78 is 0.928. The zero-order valence-corrected chi connectivity index (χ0v) is 11.5. The van der Waals surface area contributed by atoms with Crippen molar-refractivity contribution >= 4 is 27.5 Å². The number of piperidine rings is 1. The van der Waals surface area contributed by atoms with Crippen molar-refractivity contribution in [2.45, 2.75) is 12.8 Å². The van der Waals surface area contributed by atoms with Gasteiger partial charge in [0.05, 0.1) is 11.6 Å². The van der Waals surface area contributed by atoms with Crippen LogP contribution in [0.4, 0.5) is 5.69 Å². The quantitative estimate of drug-likeness (QED) is 0.910. The largest absolute Gasteiger partial charge is 0.325 e. The lowest BCUT2D eigenvalue weighted by atomic mass is 9.97. The molecule has 0 aliphatic carbocycles. The van der Waals surface area contributed by atoms with Gasteiger partial charge < -0.3 is 10.2 Å². The average Bonchev–Trinajstić information content (AvgIpc) is 2.32. The molecule has 0 bridgehead atoms. The molecule has 4 heteroatoms. The second-order valence-corrected chi connectivity index (χ2v) is 5.42. The first-order valence-corrected chi connectivity index (χ1v) is 6.70. The number of likely N-dealkylation sites (tertiary alicyclic amines) is 1. The molecule has 2 rings (SSSR count). The van der Waals surface area contributed by atoms with Crippen LogP contribution in [0.3, 0.4) is 0 Å². The number of nitrogens with one attached hydrogen (secondary N) is 1. The fourth-order valence-corrected chi connectivity index (χ4v) is 2.56. The van der Waals surface area contributed by atoms with E-state index in [1.54, 1.807) is 0 Å². The van der Waals surface area contributed by atoms with Crippen molar-refractivity contribution in [2.75, 3.05) is 25.5 Å². The normalized spacial score (nSPS) is 21.2. The molecule has 1 atom stereocenters. The molecule has 1 N–H and O–H groups in total. The number of hydrogen-bond acceptors (Lipinski definition) is 2. The molecule has 0 spiro atoms. The number of hydrogen-bond donors (Lipinski definition) is 1. The average molecular weight is 297 g/mol. The highest BCUT2D eigenvalue weighted by atomic mass is 79.9. The molecule has 1 aliphatic heterocycles. The lowest BCUT2D eigenvalue weighted by Crippen LogP contribution is -2.38. The maximum Gasteiger partial charge on any atom is 0.228 e. The number of carbonyl (C=O) groups is 1. The summed E-state index contributed by atoms with van der Waals surface area (Å²) >= 11 is 3.44. The fraction of sp³-hybridized carbons (Fsp3) is 0.462. The number of nitrogens with zero attached hydrogens (tertiary/aromatic N) is 1. The van der Waals surface area contributed by atoms with Gasteiger partial charge in [-0.25, -0.2) is 0 Å². The predicted octanol–water partition coefficient (Wildman–Crippen LogP) is 2.73. The maximum atomic E-state index is 12.1. The van der Waals surface area contributed by atoms with Crippen LogP contribution in [-0.2, 0) is 4.79 Å². The van der Waals surface area contributed by atoms with Gasteiger partial charge in [0.25, 0.3) is 0 Å². The van der Waals surface area contributed by atoms with Crippen LogP contribution in [0.25, 0.3) is 0 Å². The van der Waals surface area contributed by atoms with Crippen LogP contribution in [0, 0.1) is 5.92 Å². The minimum Gasteiger partial charge on any atom is -0.325 e. The monoisotopic (exact) mass is 296 g/mol. The Morgan fingerprint density at radius 2 is 2.24 bits per heavy atom. The van der Waals surface area contributed by atoms with E-state index >= 15 is 0 Å². The Hall–Kier alpha value is -0.870. The number of halogens is 1. The minimum absolute atomic E-state index is 0.112. The molecular weight excluding hydrogens is 280 g/mol. The van der Waals surface area contributed by atoms with E-state index in [0.29, 0.717) is 0 Å². The molecule has 0 radical (unpaired) electrons. The zero-order chi connectivity index (χ0) is 12.3. The fourth-order valence-electron chi connectivity index (χ4n) is 2.18. The van der Waals surface area contributed by atoms with Crippen LogP contribution in [0.5, 0.6) is 0 Å². The lowest BCUT2D eigenvalue weighted by Gasteiger charge is -2.28. The highest BCUT2D eigenvalue weighted by Gasteiger charge is 2.24. The number of rotatable bonds is 2. The summed E-state index contributed by atoms with van der Waals surface area (Å²) in [6.07, 6.45) is 2.09. The highest BCUT2D eigenvalue weighted by molar-refractivity contribution is 9.10. The van der Waals surface area contributed by atoms with E-state index in [1.807, 2.05) is 24.3 Å². The topological polar surface area (TPSA) is 32.3 Å². The molecule has 0 saturated carbocycles. The molecule has 1 heterocycles. The summed E-state index contributed by atoms with van der Waals surface area (Å²) in [6.45, 7) is 1.95. The number of benzene rings is 1. The molecular formula is C13H17BrN2O. The van der Waals surface area contributed by atoms with Crippen molar-refractivity contribution in [3.63, 3.8) is 0 Å². The Balaban J connectivity index is 1.99. The van der Waals surface area contributed by atoms with Gasteiger partial charge in [0.1, 0.15) is 0 Å². The smallest absolute Gasteiger partial charge is 0.228 e. The third kappa shape index (κ3) is 3.30. The van der Waals surface area contributed by atoms with Gasteiger partial charge >= 0.3 is 0 Å². The molecule has 1 aliphatic rings. The summed E-state index contributed by atoms with van der Waals surface area (Å²) in [5.41, 5.74) is 0.853. The number of anilines is 1. The van der Waals surface area contributed by atoms with Gasteiger partial charge in [-0.2, -0.15) is 0 Å². The highest BCUT2D eigenvalue weighted by Crippen LogP contribution is 2.23. The minimum atomic E-state index is 0.112. The third-order valence-electron chi connectivity index (χ3n) is 3.13. The summed E-state index contributed by atoms with van der Waals surface area (Å²) in [5.74, 6) is 0.240. The second-order valence-electron chi connectivity index (χ2n) is 4.57. The zero-order valence-electron chi connectivity index (χ0n) is 9.95. The Labute approximate surface area is 110 Å². The third-order valence-corrected chi connectivity index (χ3v) is 3.82. The molecule has 1 aromatic rings. The van der Waals surface area contributed by atoms with Crippen molar-refractivity contribution in [3.05, 3.63) is 28.7 Å². The van der Waals surface area contributed by atoms with E-state index in [1.165, 1.54) is 0 Å². The van der Waals surface area contributed by atoms with Crippen molar-refractivity contribution in [1.29, 1.82) is 0 Å². The van der Waals surface area contributed by atoms with Gasteiger partial charge in [0, 0.05) is 11.0 Å². The number of para-hydroxylation sites is 1. The molecule has 3 nitrogen and oxygen atoms in total. The molecule has 1 saturated heterocycles. The first-order chi connectivity index (χ1) is 8.16. The van der Waals surface area contributed by atoms with Crippen LogP contribution >= 0.6 is 15.9 Å². The van der Waals surface area contributed by atoms with Crippen LogP contribution in [0.1, 0.15) is 12.8 Å². The van der Waals surface area contributed by atoms with E-state index in [4.69, 9.17) is 0 Å². The molecule has 1 amide bonds. The van der Waals surface area contributed by atoms with Crippen molar-refractivity contribution in [1.82, 2.24) is 4.90 Å². The summed E-state index contributed by atoms with van der Waals surface area (Å²) in [4.78, 5) is 14.3. The Bertz CT molecular complexity index is 408. The standard InChI is InChI=1S/C13H17BrN2O/c1-16-8-4-5-10(9-16)13(17)15-12-7-3-2-6-11(12)14/h2-3,6-7,10H,4-5,8-9H2,1H3,(H,15,17)/t10-/m0/s1. The Morgan fingerprint density at radius 3 is 2.94 bits per heavy atom. The van der Waals surface area contributed by atoms with Gasteiger partial charge in [-0.1, -0.05) is 12.1 Å². The Morgan fingerprint density at radius 1 is 1.47 bits per heavy atom. The second kappa shape index (κ2) is 5.65. The van der Waals surface area contributed by atoms with E-state index in [-0.39, 0.29) is 11.8 Å². The van der Waals surface area contributed by atoms with Crippen molar-refractivity contribution in [2.24, 2.45) is 5.92 Å². The van der Waals surface area contributed by atoms with Crippen LogP contribution in [0.15, 0.2) is 28.7 Å². The van der Waals surface area contributed by atoms with Gasteiger partial charge in [-0.05, 0) is 54.5 Å². The van der Waals surface area contributed by atoms with Crippen molar-refractivity contribution < 1.29 is 4.79 Å². The number of amides is 1. The first kappa shape index (κ1) is 12.6. The molecule has 0 aromatic heterocycles. The molecule has 17 heavy (non-hydrogen) atoms. The van der Waals surface area contributed by atoms with Gasteiger partial charge in [-0.15, -0.1) is 0 Å². The van der Waals surface area contributed by atoms with E-state index in [0.717, 1.165) is 36.1 Å². The van der Waals surface area contributed by atoms with Crippen LogP contribution < -0.4 is 5.32 Å². The lowest BCUT2D eigenvalue weighted by molar-refractivity contribution is -0.121. The first-order valence-electron chi connectivity index (χ1n) is 5.91. The van der Waals surface area contributed by atoms with E-state index in [2.05, 4.69) is 33.2 Å². The maximum absolute atomic E-state index is 12.1. The summed E-state index contributed by atoms with van der Waals surface area (Å²) in [7, 11) is 2.07. The predicted molar refractivity (Wildman–Crippen MR) is 73.0 cm³/mol. The van der Waals surface area contributed by atoms with Gasteiger partial charge in [0.2, 0.25) is 5.91 Å². The van der Waals surface area contributed by atoms with Gasteiger partial charge in [-0.3, -0.25) is 4.79 Å². The van der Waals surface area contributed by atoms with Crippen LogP contribution in [0.2, 0.25) is 0 Å². The van der Waals surface area contributed by atoms with Crippen LogP contribution in [-0.4, -0.2) is 30.9 Å². The SMILES string of the molecule is CN1CCC[C@H](C(=O)Nc2ccccc2Br)C1. The van der Waals surface area contributed by atoms with Crippen molar-refractivity contribution in [3.8, 4) is 0 Å². The molecule has 1 fully saturated rings. The number of carbonyl (C=O) groups excluding carboxylic acids is 1. The Kier molecular flexibility index (Phi) is 4.18. The van der Waals surface area contributed by atoms with Gasteiger partial charge in [0.15, 0.2) is 0 Å². The summed E-state index contributed by atoms with van der Waals surface area (Å²) in [5, 5.41) is 2.99. The molecule has 92 valence electrons. The molecule has 0 unspecified atom stereocenters. The van der Waals surface area contributed by atoms with E-state index in [9.17, 15) is 4.79 Å². The van der Waals surface area contributed by atoms with E-state index < -0.39 is 0 Å². The summed E-state index contributed by atoms with van der Waals surface area (Å²) in [6, 6.07) is 7.71.